The molecule has 3 atom stereocenters. The first kappa shape index (κ1) is 28.1. The molecule has 8 heteroatoms. The highest BCUT2D eigenvalue weighted by molar-refractivity contribution is 5.91. The first-order valence-corrected chi connectivity index (χ1v) is 13.2. The molecule has 210 valence electrons. The second kappa shape index (κ2) is 11.6. The summed E-state index contributed by atoms with van der Waals surface area (Å²) in [6.45, 7) is 0.653. The molecule has 0 aliphatic carbocycles. The fraction of sp³-hybridized carbons (Fsp3) is 0.212. The van der Waals surface area contributed by atoms with Crippen molar-refractivity contribution in [2.75, 3.05) is 6.61 Å². The third-order valence-electron chi connectivity index (χ3n) is 7.11. The highest BCUT2D eigenvalue weighted by Gasteiger charge is 2.69. The molecule has 1 unspecified atom stereocenters. The lowest BCUT2D eigenvalue weighted by Gasteiger charge is -2.28. The minimum Gasteiger partial charge on any atom is -0.459 e. The summed E-state index contributed by atoms with van der Waals surface area (Å²) < 4.78 is 46.4. The number of ether oxygens (including phenoxy) is 3. The van der Waals surface area contributed by atoms with Gasteiger partial charge in [-0.15, -0.1) is 0 Å². The van der Waals surface area contributed by atoms with E-state index in [-0.39, 0.29) is 11.1 Å². The monoisotopic (exact) mass is 558 g/mol. The van der Waals surface area contributed by atoms with Crippen LogP contribution in [0, 0.1) is 0 Å². The Morgan fingerprint density at radius 1 is 0.732 bits per heavy atom. The van der Waals surface area contributed by atoms with E-state index in [9.17, 15) is 14.7 Å². The maximum atomic E-state index is 15.3. The van der Waals surface area contributed by atoms with Crippen molar-refractivity contribution in [2.24, 2.45) is 0 Å². The maximum absolute atomic E-state index is 15.3. The summed E-state index contributed by atoms with van der Waals surface area (Å²) in [7, 11) is 0. The van der Waals surface area contributed by atoms with Gasteiger partial charge in [-0.1, -0.05) is 91.9 Å². The Labute approximate surface area is 236 Å². The first-order valence-electron chi connectivity index (χ1n) is 13.2. The van der Waals surface area contributed by atoms with Gasteiger partial charge in [-0.05, 0) is 46.5 Å². The van der Waals surface area contributed by atoms with Crippen LogP contribution < -0.4 is 0 Å². The molecule has 1 saturated heterocycles. The molecule has 0 radical (unpaired) electrons. The summed E-state index contributed by atoms with van der Waals surface area (Å²) in [5.74, 6) is -8.66. The first-order chi connectivity index (χ1) is 19.7. The van der Waals surface area contributed by atoms with E-state index < -0.39 is 48.9 Å². The molecule has 4 aromatic rings. The van der Waals surface area contributed by atoms with Crippen molar-refractivity contribution < 1.29 is 37.7 Å². The van der Waals surface area contributed by atoms with Crippen LogP contribution >= 0.6 is 0 Å². The Morgan fingerprint density at radius 3 is 1.63 bits per heavy atom. The lowest BCUT2D eigenvalue weighted by molar-refractivity contribution is -0.286. The van der Waals surface area contributed by atoms with E-state index in [2.05, 4.69) is 0 Å². The minimum atomic E-state index is -3.96. The fourth-order valence-electron chi connectivity index (χ4n) is 4.72. The molecular weight excluding hydrogens is 530 g/mol. The van der Waals surface area contributed by atoms with Crippen molar-refractivity contribution >= 4 is 11.9 Å². The fourth-order valence-corrected chi connectivity index (χ4v) is 4.72. The average Bonchev–Trinajstić information content (AvgIpc) is 3.21. The van der Waals surface area contributed by atoms with Crippen molar-refractivity contribution in [3.63, 3.8) is 0 Å². The molecule has 1 N–H and O–H groups in total. The Hall–Kier alpha value is -4.40. The molecule has 0 aromatic heterocycles. The van der Waals surface area contributed by atoms with Crippen LogP contribution in [0.2, 0.25) is 0 Å². The van der Waals surface area contributed by atoms with E-state index in [1.54, 1.807) is 36.4 Å². The van der Waals surface area contributed by atoms with Crippen molar-refractivity contribution in [3.05, 3.63) is 120 Å². The number of alkyl halides is 2. The van der Waals surface area contributed by atoms with Gasteiger partial charge < -0.3 is 19.3 Å². The predicted octanol–water partition coefficient (Wildman–Crippen LogP) is 6.54. The molecule has 1 aliphatic heterocycles. The van der Waals surface area contributed by atoms with Gasteiger partial charge >= 0.3 is 17.9 Å². The van der Waals surface area contributed by atoms with Crippen LogP contribution in [0.3, 0.4) is 0 Å². The number of carbonyl (C=O) groups excluding carboxylic acids is 2. The normalized spacial score (nSPS) is 21.3. The van der Waals surface area contributed by atoms with Crippen LogP contribution in [0.4, 0.5) is 8.78 Å². The summed E-state index contributed by atoms with van der Waals surface area (Å²) in [4.78, 5) is 25.6. The minimum absolute atomic E-state index is 0.0432. The summed E-state index contributed by atoms with van der Waals surface area (Å²) >= 11 is 0. The van der Waals surface area contributed by atoms with Crippen LogP contribution in [-0.2, 0) is 14.2 Å². The Bertz CT molecular complexity index is 1490. The Balaban J connectivity index is 1.28. The molecule has 5 rings (SSSR count). The number of hydrogen-bond acceptors (Lipinski definition) is 6. The second-order valence-electron chi connectivity index (χ2n) is 9.73. The zero-order valence-corrected chi connectivity index (χ0v) is 22.2. The number of hydrogen-bond donors (Lipinski definition) is 1. The number of aliphatic hydroxyl groups is 1. The van der Waals surface area contributed by atoms with Crippen LogP contribution in [0.1, 0.15) is 34.1 Å². The predicted molar refractivity (Wildman–Crippen MR) is 148 cm³/mol. The average molecular weight is 559 g/mol. The standard InChI is InChI=1S/C33H28F2O6/c1-2-32(38)33(34,35)29(40-31(37)27-19-15-25(16-20-27)23-11-7-4-8-12-23)28(41-32)21-39-30(36)26-17-13-24(14-18-26)22-9-5-3-6-10-22/h3-20,28-29,38H,2,21H2,1H3/t28-,29-,32?/m1/s1. The molecule has 1 fully saturated rings. The molecular formula is C33H28F2O6. The summed E-state index contributed by atoms with van der Waals surface area (Å²) in [5.41, 5.74) is 3.85. The van der Waals surface area contributed by atoms with Gasteiger partial charge in [0.2, 0.25) is 11.9 Å². The lowest BCUT2D eigenvalue weighted by atomic mass is 10.0. The SMILES string of the molecule is CCC1(O)O[C@H](COC(=O)c2ccc(-c3ccccc3)cc2)[C@@H](OC(=O)c2ccc(-c3ccccc3)cc2)C1(F)F. The Kier molecular flexibility index (Phi) is 7.97. The highest BCUT2D eigenvalue weighted by atomic mass is 19.3. The lowest BCUT2D eigenvalue weighted by Crippen LogP contribution is -2.51. The topological polar surface area (TPSA) is 82.1 Å². The largest absolute Gasteiger partial charge is 0.459 e. The van der Waals surface area contributed by atoms with Gasteiger partial charge in [0.15, 0.2) is 0 Å². The van der Waals surface area contributed by atoms with E-state index in [1.807, 2.05) is 60.7 Å². The van der Waals surface area contributed by atoms with Gasteiger partial charge in [-0.3, -0.25) is 0 Å². The maximum Gasteiger partial charge on any atom is 0.339 e. The number of rotatable bonds is 8. The van der Waals surface area contributed by atoms with Gasteiger partial charge in [0.1, 0.15) is 12.7 Å². The highest BCUT2D eigenvalue weighted by Crippen LogP contribution is 2.46. The zero-order valence-electron chi connectivity index (χ0n) is 22.2. The van der Waals surface area contributed by atoms with Gasteiger partial charge in [0, 0.05) is 6.42 Å². The van der Waals surface area contributed by atoms with E-state index in [0.29, 0.717) is 0 Å². The third-order valence-corrected chi connectivity index (χ3v) is 7.11. The van der Waals surface area contributed by atoms with E-state index in [4.69, 9.17) is 14.2 Å². The van der Waals surface area contributed by atoms with Crippen molar-refractivity contribution in [1.29, 1.82) is 0 Å². The molecule has 4 aromatic carbocycles. The van der Waals surface area contributed by atoms with Crippen molar-refractivity contribution in [2.45, 2.75) is 37.3 Å². The molecule has 1 aliphatic rings. The number of halogens is 2. The molecule has 6 nitrogen and oxygen atoms in total. The zero-order chi connectivity index (χ0) is 29.0. The summed E-state index contributed by atoms with van der Waals surface area (Å²) in [5, 5.41) is 10.5. The van der Waals surface area contributed by atoms with Crippen molar-refractivity contribution in [1.82, 2.24) is 0 Å². The molecule has 0 amide bonds. The van der Waals surface area contributed by atoms with E-state index in [1.165, 1.54) is 19.1 Å². The van der Waals surface area contributed by atoms with Gasteiger partial charge in [-0.25, -0.2) is 9.59 Å². The van der Waals surface area contributed by atoms with Gasteiger partial charge in [0.25, 0.3) is 0 Å². The van der Waals surface area contributed by atoms with Gasteiger partial charge in [-0.2, -0.15) is 8.78 Å². The van der Waals surface area contributed by atoms with Crippen LogP contribution in [0.25, 0.3) is 22.3 Å². The van der Waals surface area contributed by atoms with Crippen molar-refractivity contribution in [3.8, 4) is 22.3 Å². The summed E-state index contributed by atoms with van der Waals surface area (Å²) in [6, 6.07) is 31.9. The number of carbonyl (C=O) groups is 2. The molecule has 0 spiro atoms. The van der Waals surface area contributed by atoms with Gasteiger partial charge in [0.05, 0.1) is 11.1 Å². The quantitative estimate of drug-likeness (QED) is 0.248. The molecule has 41 heavy (non-hydrogen) atoms. The second-order valence-corrected chi connectivity index (χ2v) is 9.73. The molecule has 0 bridgehead atoms. The smallest absolute Gasteiger partial charge is 0.339 e. The molecule has 0 saturated carbocycles. The van der Waals surface area contributed by atoms with E-state index >= 15 is 8.78 Å². The van der Waals surface area contributed by atoms with Crippen LogP contribution in [0.15, 0.2) is 109 Å². The molecule has 1 heterocycles. The van der Waals surface area contributed by atoms with Crippen LogP contribution in [0.5, 0.6) is 0 Å². The third kappa shape index (κ3) is 5.75. The van der Waals surface area contributed by atoms with Crippen LogP contribution in [-0.4, -0.2) is 47.6 Å². The number of benzene rings is 4. The Morgan fingerprint density at radius 2 is 1.17 bits per heavy atom. The number of esters is 2. The van der Waals surface area contributed by atoms with E-state index in [0.717, 1.165) is 22.3 Å². The summed E-state index contributed by atoms with van der Waals surface area (Å²) in [6.07, 6.45) is -4.28.